The Labute approximate surface area is 203 Å². The molecule has 3 heterocycles. The molecular formula is C26H29NO6S. The second-order valence-electron chi connectivity index (χ2n) is 8.89. The van der Waals surface area contributed by atoms with Gasteiger partial charge in [0.25, 0.3) is 0 Å². The molecule has 1 unspecified atom stereocenters. The number of methoxy groups -OCH3 is 3. The molecule has 2 saturated heterocycles. The fraction of sp³-hybridized carbons (Fsp3) is 0.462. The van der Waals surface area contributed by atoms with Gasteiger partial charge in [0.1, 0.15) is 10.3 Å². The molecule has 0 N–H and O–H groups in total. The number of hydrogen-bond acceptors (Lipinski definition) is 7. The minimum absolute atomic E-state index is 0.0754. The predicted octanol–water partition coefficient (Wildman–Crippen LogP) is 3.83. The second-order valence-corrected chi connectivity index (χ2v) is 10.4. The van der Waals surface area contributed by atoms with Gasteiger partial charge in [0.15, 0.2) is 17.2 Å². The molecule has 7 nitrogen and oxygen atoms in total. The molecule has 0 saturated carbocycles. The number of likely N-dealkylation sites (tertiary alicyclic amines) is 1. The van der Waals surface area contributed by atoms with Crippen LogP contribution in [0.3, 0.4) is 0 Å². The number of carbonyl (C=O) groups excluding carboxylic acids is 2. The number of carbonyl (C=O) groups is 2. The van der Waals surface area contributed by atoms with Crippen LogP contribution in [0.5, 0.6) is 11.5 Å². The average molecular weight is 484 g/mol. The number of benzene rings is 2. The standard InChI is InChI=1S/C26H29NO6S/c1-5-34-25-16-24(23(29)32-4)15-22(28)27(26(24,33-25)19-9-7-6-8-18(19)25)13-12-17-10-11-20(30-2)21(14-17)31-3/h6-11,14H,5,12-13,15-16H2,1-4H3/t24?,25-,26+/m1/s1. The van der Waals surface area contributed by atoms with E-state index < -0.39 is 16.1 Å². The van der Waals surface area contributed by atoms with E-state index >= 15 is 0 Å². The Kier molecular flexibility index (Phi) is 5.56. The van der Waals surface area contributed by atoms with Crippen LogP contribution in [0.2, 0.25) is 0 Å². The Morgan fingerprint density at radius 2 is 1.82 bits per heavy atom. The zero-order valence-corrected chi connectivity index (χ0v) is 20.7. The van der Waals surface area contributed by atoms with E-state index in [-0.39, 0.29) is 18.3 Å². The quantitative estimate of drug-likeness (QED) is 0.528. The van der Waals surface area contributed by atoms with Crippen LogP contribution in [0.15, 0.2) is 42.5 Å². The Bertz CT molecular complexity index is 1150. The summed E-state index contributed by atoms with van der Waals surface area (Å²) in [5.74, 6) is 1.62. The van der Waals surface area contributed by atoms with Crippen molar-refractivity contribution in [2.45, 2.75) is 36.8 Å². The van der Waals surface area contributed by atoms with Gasteiger partial charge in [0, 0.05) is 30.5 Å². The lowest BCUT2D eigenvalue weighted by atomic mass is 9.67. The van der Waals surface area contributed by atoms with Crippen LogP contribution in [-0.2, 0) is 36.1 Å². The van der Waals surface area contributed by atoms with Gasteiger partial charge in [-0.15, -0.1) is 11.8 Å². The van der Waals surface area contributed by atoms with E-state index in [4.69, 9.17) is 18.9 Å². The van der Waals surface area contributed by atoms with E-state index in [0.717, 1.165) is 22.4 Å². The number of esters is 1. The Balaban J connectivity index is 1.57. The second kappa shape index (κ2) is 8.20. The molecule has 2 fully saturated rings. The molecule has 3 atom stereocenters. The van der Waals surface area contributed by atoms with Crippen molar-refractivity contribution in [2.75, 3.05) is 33.6 Å². The number of rotatable bonds is 8. The molecule has 34 heavy (non-hydrogen) atoms. The molecule has 0 aromatic heterocycles. The topological polar surface area (TPSA) is 74.3 Å². The third-order valence-corrected chi connectivity index (χ3v) is 8.56. The molecule has 180 valence electrons. The molecule has 0 aliphatic carbocycles. The normalized spacial score (nSPS) is 28.6. The molecule has 2 aromatic rings. The molecule has 5 rings (SSSR count). The van der Waals surface area contributed by atoms with Crippen LogP contribution >= 0.6 is 11.8 Å². The van der Waals surface area contributed by atoms with E-state index in [1.165, 1.54) is 7.11 Å². The summed E-state index contributed by atoms with van der Waals surface area (Å²) >= 11 is 1.68. The summed E-state index contributed by atoms with van der Waals surface area (Å²) in [6, 6.07) is 13.7. The first-order valence-corrected chi connectivity index (χ1v) is 12.4. The summed E-state index contributed by atoms with van der Waals surface area (Å²) in [6.07, 6.45) is 1.07. The van der Waals surface area contributed by atoms with Crippen molar-refractivity contribution < 1.29 is 28.5 Å². The van der Waals surface area contributed by atoms with Crippen LogP contribution < -0.4 is 9.47 Å². The number of nitrogens with zero attached hydrogens (tertiary/aromatic N) is 1. The van der Waals surface area contributed by atoms with Crippen molar-refractivity contribution in [3.63, 3.8) is 0 Å². The Morgan fingerprint density at radius 3 is 2.50 bits per heavy atom. The van der Waals surface area contributed by atoms with Crippen LogP contribution in [0.25, 0.3) is 0 Å². The first-order chi connectivity index (χ1) is 16.4. The van der Waals surface area contributed by atoms with Gasteiger partial charge in [-0.25, -0.2) is 0 Å². The molecular weight excluding hydrogens is 454 g/mol. The van der Waals surface area contributed by atoms with E-state index in [0.29, 0.717) is 30.9 Å². The molecule has 3 aliphatic rings. The number of amides is 1. The minimum atomic E-state index is -1.17. The SMILES string of the molecule is CCS[C@@]12CC3(C(=O)OC)CC(=O)N(CCc4ccc(OC)c(OC)c4)[C@]3(O1)c1ccccc12. The highest BCUT2D eigenvalue weighted by Crippen LogP contribution is 2.74. The van der Waals surface area contributed by atoms with Crippen molar-refractivity contribution in [1.29, 1.82) is 0 Å². The maximum Gasteiger partial charge on any atom is 0.317 e. The van der Waals surface area contributed by atoms with Gasteiger partial charge in [-0.2, -0.15) is 0 Å². The Morgan fingerprint density at radius 1 is 1.09 bits per heavy atom. The maximum atomic E-state index is 13.5. The lowest BCUT2D eigenvalue weighted by Gasteiger charge is -2.41. The summed E-state index contributed by atoms with van der Waals surface area (Å²) < 4.78 is 23.0. The fourth-order valence-corrected chi connectivity index (χ4v) is 7.39. The summed E-state index contributed by atoms with van der Waals surface area (Å²) in [5.41, 5.74) is 0.688. The van der Waals surface area contributed by atoms with E-state index in [9.17, 15) is 9.59 Å². The zero-order chi connectivity index (χ0) is 24.1. The van der Waals surface area contributed by atoms with Crippen LogP contribution in [-0.4, -0.2) is 50.4 Å². The van der Waals surface area contributed by atoms with E-state index in [2.05, 4.69) is 13.0 Å². The van der Waals surface area contributed by atoms with Crippen LogP contribution in [0.1, 0.15) is 36.5 Å². The third kappa shape index (κ3) is 2.88. The summed E-state index contributed by atoms with van der Waals surface area (Å²) in [4.78, 5) is 27.9. The van der Waals surface area contributed by atoms with Gasteiger partial charge in [0.2, 0.25) is 5.91 Å². The first kappa shape index (κ1) is 23.1. The number of hydrogen-bond donors (Lipinski definition) is 0. The highest BCUT2D eigenvalue weighted by atomic mass is 32.2. The van der Waals surface area contributed by atoms with Gasteiger partial charge in [0.05, 0.1) is 21.3 Å². The number of ether oxygens (including phenoxy) is 4. The molecule has 3 aliphatic heterocycles. The van der Waals surface area contributed by atoms with Crippen molar-refractivity contribution >= 4 is 23.6 Å². The molecule has 0 radical (unpaired) electrons. The summed E-state index contributed by atoms with van der Waals surface area (Å²) in [6.45, 7) is 2.48. The van der Waals surface area contributed by atoms with Gasteiger partial charge < -0.3 is 23.8 Å². The van der Waals surface area contributed by atoms with Crippen LogP contribution in [0.4, 0.5) is 0 Å². The molecule has 2 aromatic carbocycles. The monoisotopic (exact) mass is 483 g/mol. The van der Waals surface area contributed by atoms with Gasteiger partial charge >= 0.3 is 5.97 Å². The van der Waals surface area contributed by atoms with Crippen molar-refractivity contribution in [1.82, 2.24) is 4.90 Å². The van der Waals surface area contributed by atoms with Gasteiger partial charge in [-0.1, -0.05) is 37.3 Å². The highest BCUT2D eigenvalue weighted by molar-refractivity contribution is 8.00. The van der Waals surface area contributed by atoms with E-state index in [1.807, 2.05) is 36.4 Å². The predicted molar refractivity (Wildman–Crippen MR) is 128 cm³/mol. The molecule has 2 bridgehead atoms. The third-order valence-electron chi connectivity index (χ3n) is 7.36. The highest BCUT2D eigenvalue weighted by Gasteiger charge is 2.81. The van der Waals surface area contributed by atoms with Crippen LogP contribution in [0, 0.1) is 5.41 Å². The number of thioether (sulfide) groups is 1. The first-order valence-electron chi connectivity index (χ1n) is 11.5. The lowest BCUT2D eigenvalue weighted by molar-refractivity contribution is -0.188. The minimum Gasteiger partial charge on any atom is -0.493 e. The lowest BCUT2D eigenvalue weighted by Crippen LogP contribution is -2.53. The summed E-state index contributed by atoms with van der Waals surface area (Å²) in [5, 5.41) is 0. The molecule has 1 spiro atoms. The molecule has 1 amide bonds. The largest absolute Gasteiger partial charge is 0.493 e. The smallest absolute Gasteiger partial charge is 0.317 e. The van der Waals surface area contributed by atoms with Crippen molar-refractivity contribution in [2.24, 2.45) is 5.41 Å². The Hall–Kier alpha value is -2.71. The zero-order valence-electron chi connectivity index (χ0n) is 19.9. The molecule has 8 heteroatoms. The van der Waals surface area contributed by atoms with Gasteiger partial charge in [-0.3, -0.25) is 9.59 Å². The van der Waals surface area contributed by atoms with Gasteiger partial charge in [-0.05, 0) is 29.9 Å². The van der Waals surface area contributed by atoms with Crippen molar-refractivity contribution in [3.05, 3.63) is 59.2 Å². The fourth-order valence-electron chi connectivity index (χ4n) is 6.06. The van der Waals surface area contributed by atoms with Crippen molar-refractivity contribution in [3.8, 4) is 11.5 Å². The van der Waals surface area contributed by atoms with E-state index in [1.54, 1.807) is 30.9 Å². The summed E-state index contributed by atoms with van der Waals surface area (Å²) in [7, 11) is 4.59. The number of fused-ring (bicyclic) bond motifs is 3. The average Bonchev–Trinajstić information content (AvgIpc) is 3.39. The maximum absolute atomic E-state index is 13.5.